The fourth-order valence-electron chi connectivity index (χ4n) is 1.57. The number of thioether (sulfide) groups is 1. The Balaban J connectivity index is 1.97. The molecule has 5 heteroatoms. The summed E-state index contributed by atoms with van der Waals surface area (Å²) in [5, 5.41) is 5.46. The fraction of sp³-hybridized carbons (Fsp3) is 0.143. The van der Waals surface area contributed by atoms with Crippen molar-refractivity contribution in [3.63, 3.8) is 0 Å². The quantitative estimate of drug-likeness (QED) is 0.837. The first-order valence-corrected chi connectivity index (χ1v) is 7.05. The van der Waals surface area contributed by atoms with Gasteiger partial charge >= 0.3 is 6.03 Å². The van der Waals surface area contributed by atoms with Crippen LogP contribution in [0.4, 0.5) is 16.3 Å². The Bertz CT molecular complexity index is 569. The molecule has 98 valence electrons. The molecule has 2 N–H and O–H groups in total. The van der Waals surface area contributed by atoms with Crippen LogP contribution in [0.3, 0.4) is 0 Å². The number of pyridine rings is 1. The number of amides is 2. The summed E-state index contributed by atoms with van der Waals surface area (Å²) < 4.78 is 0. The van der Waals surface area contributed by atoms with Gasteiger partial charge in [0, 0.05) is 16.3 Å². The van der Waals surface area contributed by atoms with Crippen LogP contribution in [-0.4, -0.2) is 17.3 Å². The molecule has 0 spiro atoms. The number of hydrogen-bond donors (Lipinski definition) is 2. The van der Waals surface area contributed by atoms with Crippen molar-refractivity contribution in [2.45, 2.75) is 11.8 Å². The highest BCUT2D eigenvalue weighted by Gasteiger charge is 2.03. The summed E-state index contributed by atoms with van der Waals surface area (Å²) in [6.07, 6.45) is 2.01. The Morgan fingerprint density at radius 1 is 1.11 bits per heavy atom. The SMILES string of the molecule is CSc1ccc(NC(=O)Nc2cccc(C)n2)cc1. The molecule has 0 fully saturated rings. The summed E-state index contributed by atoms with van der Waals surface area (Å²) in [5.41, 5.74) is 1.62. The van der Waals surface area contributed by atoms with Crippen molar-refractivity contribution in [3.8, 4) is 0 Å². The molecule has 0 aliphatic heterocycles. The molecular weight excluding hydrogens is 258 g/mol. The monoisotopic (exact) mass is 273 g/mol. The predicted molar refractivity (Wildman–Crippen MR) is 79.8 cm³/mol. The van der Waals surface area contributed by atoms with Crippen molar-refractivity contribution >= 4 is 29.3 Å². The molecule has 0 bridgehead atoms. The Kier molecular flexibility index (Phi) is 4.41. The van der Waals surface area contributed by atoms with Crippen LogP contribution >= 0.6 is 11.8 Å². The van der Waals surface area contributed by atoms with Crippen molar-refractivity contribution in [2.75, 3.05) is 16.9 Å². The number of rotatable bonds is 3. The van der Waals surface area contributed by atoms with E-state index in [9.17, 15) is 4.79 Å². The third kappa shape index (κ3) is 3.99. The molecule has 0 aliphatic rings. The first-order chi connectivity index (χ1) is 9.17. The van der Waals surface area contributed by atoms with E-state index in [-0.39, 0.29) is 6.03 Å². The summed E-state index contributed by atoms with van der Waals surface area (Å²) in [7, 11) is 0. The number of carbonyl (C=O) groups is 1. The van der Waals surface area contributed by atoms with E-state index in [2.05, 4.69) is 15.6 Å². The maximum atomic E-state index is 11.8. The third-order valence-corrected chi connectivity index (χ3v) is 3.22. The molecule has 4 nitrogen and oxygen atoms in total. The van der Waals surface area contributed by atoms with Gasteiger partial charge in [-0.1, -0.05) is 6.07 Å². The first kappa shape index (κ1) is 13.4. The van der Waals surface area contributed by atoms with Gasteiger partial charge in [0.15, 0.2) is 0 Å². The summed E-state index contributed by atoms with van der Waals surface area (Å²) >= 11 is 1.66. The summed E-state index contributed by atoms with van der Waals surface area (Å²) in [6, 6.07) is 12.9. The van der Waals surface area contributed by atoms with Crippen LogP contribution in [0.25, 0.3) is 0 Å². The second kappa shape index (κ2) is 6.24. The topological polar surface area (TPSA) is 54.0 Å². The normalized spacial score (nSPS) is 10.0. The smallest absolute Gasteiger partial charge is 0.308 e. The Labute approximate surface area is 116 Å². The van der Waals surface area contributed by atoms with Crippen molar-refractivity contribution in [3.05, 3.63) is 48.2 Å². The Morgan fingerprint density at radius 2 is 1.84 bits per heavy atom. The number of carbonyl (C=O) groups excluding carboxylic acids is 1. The van der Waals surface area contributed by atoms with Gasteiger partial charge in [0.2, 0.25) is 0 Å². The van der Waals surface area contributed by atoms with Gasteiger partial charge in [0.25, 0.3) is 0 Å². The lowest BCUT2D eigenvalue weighted by Crippen LogP contribution is -2.20. The molecule has 2 amide bonds. The van der Waals surface area contributed by atoms with Crippen LogP contribution in [0.2, 0.25) is 0 Å². The van der Waals surface area contributed by atoms with Crippen LogP contribution in [-0.2, 0) is 0 Å². The van der Waals surface area contributed by atoms with Gasteiger partial charge in [-0.25, -0.2) is 9.78 Å². The van der Waals surface area contributed by atoms with E-state index in [1.54, 1.807) is 17.8 Å². The van der Waals surface area contributed by atoms with Crippen molar-refractivity contribution in [1.82, 2.24) is 4.98 Å². The zero-order valence-electron chi connectivity index (χ0n) is 10.8. The molecule has 0 atom stereocenters. The number of aryl methyl sites for hydroxylation is 1. The number of hydrogen-bond acceptors (Lipinski definition) is 3. The lowest BCUT2D eigenvalue weighted by Gasteiger charge is -2.07. The van der Waals surface area contributed by atoms with Gasteiger partial charge < -0.3 is 5.32 Å². The standard InChI is InChI=1S/C14H15N3OS/c1-10-4-3-5-13(15-10)17-14(18)16-11-6-8-12(19-2)9-7-11/h3-9H,1-2H3,(H2,15,16,17,18). The average Bonchev–Trinajstić information content (AvgIpc) is 2.39. The second-order valence-electron chi connectivity index (χ2n) is 3.97. The van der Waals surface area contributed by atoms with Gasteiger partial charge in [-0.15, -0.1) is 11.8 Å². The highest BCUT2D eigenvalue weighted by atomic mass is 32.2. The molecule has 2 rings (SSSR count). The zero-order valence-corrected chi connectivity index (χ0v) is 11.6. The predicted octanol–water partition coefficient (Wildman–Crippen LogP) is 3.76. The van der Waals surface area contributed by atoms with Gasteiger partial charge in [0.1, 0.15) is 5.82 Å². The molecule has 1 aromatic heterocycles. The molecular formula is C14H15N3OS. The van der Waals surface area contributed by atoms with Gasteiger partial charge in [-0.05, 0) is 49.6 Å². The molecule has 0 saturated heterocycles. The molecule has 1 aromatic carbocycles. The first-order valence-electron chi connectivity index (χ1n) is 5.83. The molecule has 1 heterocycles. The fourth-order valence-corrected chi connectivity index (χ4v) is 1.97. The molecule has 0 unspecified atom stereocenters. The Morgan fingerprint density at radius 3 is 2.47 bits per heavy atom. The minimum absolute atomic E-state index is 0.296. The lowest BCUT2D eigenvalue weighted by atomic mass is 10.3. The van der Waals surface area contributed by atoms with Crippen LogP contribution in [0.1, 0.15) is 5.69 Å². The number of nitrogens with zero attached hydrogens (tertiary/aromatic N) is 1. The Hall–Kier alpha value is -2.01. The summed E-state index contributed by atoms with van der Waals surface area (Å²) in [5.74, 6) is 0.540. The number of benzene rings is 1. The van der Waals surface area contributed by atoms with Crippen LogP contribution < -0.4 is 10.6 Å². The summed E-state index contributed by atoms with van der Waals surface area (Å²) in [6.45, 7) is 1.88. The molecule has 0 radical (unpaired) electrons. The average molecular weight is 273 g/mol. The molecule has 2 aromatic rings. The highest BCUT2D eigenvalue weighted by Crippen LogP contribution is 2.17. The molecule has 0 saturated carbocycles. The highest BCUT2D eigenvalue weighted by molar-refractivity contribution is 7.98. The largest absolute Gasteiger partial charge is 0.324 e. The maximum Gasteiger partial charge on any atom is 0.324 e. The molecule has 19 heavy (non-hydrogen) atoms. The maximum absolute atomic E-state index is 11.8. The minimum Gasteiger partial charge on any atom is -0.308 e. The minimum atomic E-state index is -0.296. The van der Waals surface area contributed by atoms with Crippen LogP contribution in [0.15, 0.2) is 47.4 Å². The lowest BCUT2D eigenvalue weighted by molar-refractivity contribution is 0.262. The van der Waals surface area contributed by atoms with Crippen molar-refractivity contribution in [1.29, 1.82) is 0 Å². The number of urea groups is 1. The van der Waals surface area contributed by atoms with Gasteiger partial charge in [0.05, 0.1) is 0 Å². The number of aromatic nitrogens is 1. The number of nitrogens with one attached hydrogen (secondary N) is 2. The van der Waals surface area contributed by atoms with E-state index in [4.69, 9.17) is 0 Å². The van der Waals surface area contributed by atoms with Crippen LogP contribution in [0, 0.1) is 6.92 Å². The second-order valence-corrected chi connectivity index (χ2v) is 4.85. The zero-order chi connectivity index (χ0) is 13.7. The van der Waals surface area contributed by atoms with E-state index >= 15 is 0 Å². The van der Waals surface area contributed by atoms with E-state index in [1.807, 2.05) is 49.6 Å². The van der Waals surface area contributed by atoms with E-state index < -0.39 is 0 Å². The van der Waals surface area contributed by atoms with Crippen LogP contribution in [0.5, 0.6) is 0 Å². The summed E-state index contributed by atoms with van der Waals surface area (Å²) in [4.78, 5) is 17.1. The van der Waals surface area contributed by atoms with Crippen molar-refractivity contribution in [2.24, 2.45) is 0 Å². The van der Waals surface area contributed by atoms with E-state index in [0.29, 0.717) is 5.82 Å². The van der Waals surface area contributed by atoms with Crippen molar-refractivity contribution < 1.29 is 4.79 Å². The van der Waals surface area contributed by atoms with Gasteiger partial charge in [-0.3, -0.25) is 5.32 Å². The number of anilines is 2. The van der Waals surface area contributed by atoms with E-state index in [1.165, 1.54) is 0 Å². The van der Waals surface area contributed by atoms with Gasteiger partial charge in [-0.2, -0.15) is 0 Å². The van der Waals surface area contributed by atoms with E-state index in [0.717, 1.165) is 16.3 Å². The third-order valence-electron chi connectivity index (χ3n) is 2.48. The molecule has 0 aliphatic carbocycles.